The normalized spacial score (nSPS) is 10.9. The van der Waals surface area contributed by atoms with Crippen molar-refractivity contribution in [2.24, 2.45) is 0 Å². The zero-order valence-electron chi connectivity index (χ0n) is 15.0. The van der Waals surface area contributed by atoms with Crippen LogP contribution in [0, 0.1) is 6.92 Å². The molecule has 1 amide bonds. The second-order valence-corrected chi connectivity index (χ2v) is 7.56. The van der Waals surface area contributed by atoms with Crippen molar-refractivity contribution >= 4 is 45.9 Å². The van der Waals surface area contributed by atoms with Crippen LogP contribution in [0.3, 0.4) is 0 Å². The highest BCUT2D eigenvalue weighted by Crippen LogP contribution is 2.26. The zero-order valence-corrected chi connectivity index (χ0v) is 16.5. The molecule has 0 saturated carbocycles. The van der Waals surface area contributed by atoms with E-state index in [-0.39, 0.29) is 11.7 Å². The number of hydrogen-bond acceptors (Lipinski definition) is 5. The van der Waals surface area contributed by atoms with Gasteiger partial charge in [0.1, 0.15) is 12.7 Å². The summed E-state index contributed by atoms with van der Waals surface area (Å²) in [5.74, 6) is 0.0786. The molecule has 4 rings (SSSR count). The number of thioether (sulfide) groups is 1. The molecule has 0 aliphatic carbocycles. The Morgan fingerprint density at radius 2 is 2.07 bits per heavy atom. The number of para-hydroxylation sites is 1. The first-order valence-electron chi connectivity index (χ1n) is 8.54. The molecule has 0 atom stereocenters. The molecule has 0 saturated heterocycles. The highest BCUT2D eigenvalue weighted by molar-refractivity contribution is 7.99. The number of hydrogen-bond donors (Lipinski definition) is 1. The maximum atomic E-state index is 12.5. The number of amides is 1. The molecule has 140 valence electrons. The highest BCUT2D eigenvalue weighted by atomic mass is 35.5. The van der Waals surface area contributed by atoms with Crippen LogP contribution in [0.5, 0.6) is 0 Å². The van der Waals surface area contributed by atoms with E-state index in [2.05, 4.69) is 20.4 Å². The van der Waals surface area contributed by atoms with Crippen molar-refractivity contribution in [1.29, 1.82) is 0 Å². The van der Waals surface area contributed by atoms with Crippen LogP contribution in [0.15, 0.2) is 66.2 Å². The second-order valence-electron chi connectivity index (χ2n) is 6.13. The van der Waals surface area contributed by atoms with E-state index in [1.807, 2.05) is 37.3 Å². The van der Waals surface area contributed by atoms with Crippen LogP contribution in [-0.4, -0.2) is 31.4 Å². The Morgan fingerprint density at radius 1 is 1.21 bits per heavy atom. The fraction of sp³-hybridized carbons (Fsp3) is 0.100. The molecule has 2 aromatic heterocycles. The summed E-state index contributed by atoms with van der Waals surface area (Å²) >= 11 is 7.49. The van der Waals surface area contributed by atoms with Crippen LogP contribution in [0.25, 0.3) is 16.6 Å². The fourth-order valence-electron chi connectivity index (χ4n) is 2.86. The molecular weight excluding hydrogens is 394 g/mol. The molecule has 2 heterocycles. The molecule has 4 aromatic rings. The van der Waals surface area contributed by atoms with E-state index in [1.54, 1.807) is 29.2 Å². The lowest BCUT2D eigenvalue weighted by Crippen LogP contribution is -2.16. The van der Waals surface area contributed by atoms with E-state index in [0.717, 1.165) is 21.5 Å². The number of benzene rings is 2. The van der Waals surface area contributed by atoms with Gasteiger partial charge in [0.15, 0.2) is 0 Å². The first-order chi connectivity index (χ1) is 13.6. The van der Waals surface area contributed by atoms with Gasteiger partial charge in [-0.3, -0.25) is 4.79 Å². The van der Waals surface area contributed by atoms with Crippen LogP contribution >= 0.6 is 23.4 Å². The summed E-state index contributed by atoms with van der Waals surface area (Å²) in [6, 6.07) is 15.2. The molecule has 0 unspecified atom stereocenters. The van der Waals surface area contributed by atoms with Gasteiger partial charge in [-0.1, -0.05) is 41.6 Å². The number of aromatic nitrogens is 4. The Bertz CT molecular complexity index is 1150. The van der Waals surface area contributed by atoms with Gasteiger partial charge < -0.3 is 5.32 Å². The van der Waals surface area contributed by atoms with Gasteiger partial charge in [0.2, 0.25) is 5.91 Å². The van der Waals surface area contributed by atoms with Crippen LogP contribution < -0.4 is 5.32 Å². The van der Waals surface area contributed by atoms with Crippen LogP contribution in [-0.2, 0) is 4.79 Å². The first kappa shape index (κ1) is 18.5. The molecule has 0 radical (unpaired) electrons. The van der Waals surface area contributed by atoms with E-state index in [4.69, 9.17) is 11.6 Å². The van der Waals surface area contributed by atoms with Crippen molar-refractivity contribution in [3.05, 3.63) is 71.8 Å². The van der Waals surface area contributed by atoms with Gasteiger partial charge in [-0.05, 0) is 42.8 Å². The number of nitrogens with zero attached hydrogens (tertiary/aromatic N) is 4. The van der Waals surface area contributed by atoms with Crippen molar-refractivity contribution < 1.29 is 4.79 Å². The number of nitrogens with one attached hydrogen (secondary N) is 1. The van der Waals surface area contributed by atoms with Gasteiger partial charge in [0.05, 0.1) is 27.7 Å². The SMILES string of the molecule is Cc1cc(SCC(=O)Nc2cc(Cl)ccc2-n2cncn2)nc2ccccc12. The molecule has 1 N–H and O–H groups in total. The Labute approximate surface area is 171 Å². The fourth-order valence-corrected chi connectivity index (χ4v) is 3.81. The van der Waals surface area contributed by atoms with Crippen molar-refractivity contribution in [3.63, 3.8) is 0 Å². The maximum absolute atomic E-state index is 12.5. The van der Waals surface area contributed by atoms with Gasteiger partial charge in [-0.2, -0.15) is 5.10 Å². The Morgan fingerprint density at radius 3 is 2.89 bits per heavy atom. The van der Waals surface area contributed by atoms with E-state index in [9.17, 15) is 4.79 Å². The van der Waals surface area contributed by atoms with Crippen molar-refractivity contribution in [2.45, 2.75) is 11.9 Å². The average molecular weight is 410 g/mol. The number of rotatable bonds is 5. The molecule has 2 aromatic carbocycles. The lowest BCUT2D eigenvalue weighted by molar-refractivity contribution is -0.113. The molecule has 0 fully saturated rings. The number of halogens is 1. The maximum Gasteiger partial charge on any atom is 0.234 e. The van der Waals surface area contributed by atoms with Gasteiger partial charge in [0.25, 0.3) is 0 Å². The highest BCUT2D eigenvalue weighted by Gasteiger charge is 2.11. The number of carbonyl (C=O) groups is 1. The minimum atomic E-state index is -0.152. The van der Waals surface area contributed by atoms with Crippen molar-refractivity contribution in [2.75, 3.05) is 11.1 Å². The number of fused-ring (bicyclic) bond motifs is 1. The molecule has 0 spiro atoms. The third kappa shape index (κ3) is 4.00. The van der Waals surface area contributed by atoms with E-state index >= 15 is 0 Å². The number of anilines is 1. The average Bonchev–Trinajstić information content (AvgIpc) is 3.21. The van der Waals surface area contributed by atoms with Gasteiger partial charge >= 0.3 is 0 Å². The topological polar surface area (TPSA) is 72.7 Å². The molecular formula is C20H16ClN5OS. The summed E-state index contributed by atoms with van der Waals surface area (Å²) in [6.45, 7) is 2.05. The summed E-state index contributed by atoms with van der Waals surface area (Å²) < 4.78 is 1.58. The van der Waals surface area contributed by atoms with Crippen LogP contribution in [0.4, 0.5) is 5.69 Å². The Balaban J connectivity index is 1.49. The number of pyridine rings is 1. The lowest BCUT2D eigenvalue weighted by Gasteiger charge is -2.11. The smallest absolute Gasteiger partial charge is 0.234 e. The van der Waals surface area contributed by atoms with E-state index in [1.165, 1.54) is 18.1 Å². The van der Waals surface area contributed by atoms with Gasteiger partial charge in [-0.25, -0.2) is 14.6 Å². The predicted octanol–water partition coefficient (Wildman–Crippen LogP) is 4.51. The summed E-state index contributed by atoms with van der Waals surface area (Å²) in [5.41, 5.74) is 3.33. The third-order valence-electron chi connectivity index (χ3n) is 4.15. The zero-order chi connectivity index (χ0) is 19.5. The lowest BCUT2D eigenvalue weighted by atomic mass is 10.1. The van der Waals surface area contributed by atoms with Crippen molar-refractivity contribution in [1.82, 2.24) is 19.7 Å². The quantitative estimate of drug-likeness (QED) is 0.491. The molecule has 6 nitrogen and oxygen atoms in total. The third-order valence-corrected chi connectivity index (χ3v) is 5.30. The minimum Gasteiger partial charge on any atom is -0.323 e. The summed E-state index contributed by atoms with van der Waals surface area (Å²) in [4.78, 5) is 21.1. The largest absolute Gasteiger partial charge is 0.323 e. The van der Waals surface area contributed by atoms with Crippen LogP contribution in [0.1, 0.15) is 5.56 Å². The standard InChI is InChI=1S/C20H16ClN5OS/c1-13-8-20(25-16-5-3-2-4-15(13)16)28-10-19(27)24-17-9-14(21)6-7-18(17)26-12-22-11-23-26/h2-9,11-12H,10H2,1H3,(H,24,27). The predicted molar refractivity (Wildman–Crippen MR) is 112 cm³/mol. The first-order valence-corrected chi connectivity index (χ1v) is 9.90. The van der Waals surface area contributed by atoms with E-state index < -0.39 is 0 Å². The molecule has 0 aliphatic rings. The number of carbonyl (C=O) groups excluding carboxylic acids is 1. The van der Waals surface area contributed by atoms with Gasteiger partial charge in [0, 0.05) is 10.4 Å². The Hall–Kier alpha value is -2.90. The molecule has 0 aliphatic heterocycles. The summed E-state index contributed by atoms with van der Waals surface area (Å²) in [5, 5.41) is 9.47. The van der Waals surface area contributed by atoms with Crippen LogP contribution in [0.2, 0.25) is 5.02 Å². The summed E-state index contributed by atoms with van der Waals surface area (Å²) in [7, 11) is 0. The Kier molecular flexibility index (Phi) is 5.27. The van der Waals surface area contributed by atoms with Gasteiger partial charge in [-0.15, -0.1) is 0 Å². The van der Waals surface area contributed by atoms with Crippen molar-refractivity contribution in [3.8, 4) is 5.69 Å². The monoisotopic (exact) mass is 409 g/mol. The summed E-state index contributed by atoms with van der Waals surface area (Å²) in [6.07, 6.45) is 3.00. The molecule has 28 heavy (non-hydrogen) atoms. The minimum absolute atomic E-state index is 0.152. The van der Waals surface area contributed by atoms with E-state index in [0.29, 0.717) is 16.4 Å². The molecule has 0 bridgehead atoms. The number of aryl methyl sites for hydroxylation is 1. The molecule has 8 heteroatoms. The second kappa shape index (κ2) is 8.00.